The molecule has 1 saturated heterocycles. The van der Waals surface area contributed by atoms with Gasteiger partial charge in [-0.1, -0.05) is 0 Å². The highest BCUT2D eigenvalue weighted by Crippen LogP contribution is 2.30. The van der Waals surface area contributed by atoms with E-state index in [1.807, 2.05) is 0 Å². The molecule has 108 valence electrons. The second-order valence-corrected chi connectivity index (χ2v) is 4.54. The lowest BCUT2D eigenvalue weighted by molar-refractivity contribution is -0.137. The largest absolute Gasteiger partial charge is 0.416 e. The molecule has 0 aliphatic carbocycles. The molecule has 2 rings (SSSR count). The van der Waals surface area contributed by atoms with Gasteiger partial charge in [-0.2, -0.15) is 13.2 Å². The first-order valence-electron chi connectivity index (χ1n) is 6.12. The van der Waals surface area contributed by atoms with Crippen molar-refractivity contribution in [2.24, 2.45) is 0 Å². The molecule has 0 bridgehead atoms. The monoisotopic (exact) mass is 286 g/mol. The summed E-state index contributed by atoms with van der Waals surface area (Å²) in [5.41, 5.74) is -0.512. The first-order chi connectivity index (χ1) is 9.41. The number of aldehydes is 1. The van der Waals surface area contributed by atoms with E-state index in [0.29, 0.717) is 19.3 Å². The van der Waals surface area contributed by atoms with Gasteiger partial charge in [-0.3, -0.25) is 0 Å². The minimum atomic E-state index is -4.40. The first-order valence-corrected chi connectivity index (χ1v) is 6.12. The molecule has 0 unspecified atom stereocenters. The minimum Gasteiger partial charge on any atom is -0.315 e. The van der Waals surface area contributed by atoms with E-state index in [2.05, 4.69) is 5.32 Å². The van der Waals surface area contributed by atoms with E-state index < -0.39 is 23.8 Å². The van der Waals surface area contributed by atoms with Gasteiger partial charge in [0, 0.05) is 12.2 Å². The van der Waals surface area contributed by atoms with Gasteiger partial charge in [-0.25, -0.2) is 4.79 Å². The molecule has 1 N–H and O–H groups in total. The molecular weight excluding hydrogens is 273 g/mol. The fourth-order valence-electron chi connectivity index (χ4n) is 2.12. The van der Waals surface area contributed by atoms with Crippen molar-refractivity contribution in [2.45, 2.75) is 25.1 Å². The van der Waals surface area contributed by atoms with Gasteiger partial charge in [0.15, 0.2) is 0 Å². The van der Waals surface area contributed by atoms with Gasteiger partial charge in [0.25, 0.3) is 0 Å². The number of rotatable bonds is 2. The third-order valence-electron chi connectivity index (χ3n) is 3.18. The summed E-state index contributed by atoms with van der Waals surface area (Å²) in [4.78, 5) is 24.1. The summed E-state index contributed by atoms with van der Waals surface area (Å²) < 4.78 is 37.2. The summed E-state index contributed by atoms with van der Waals surface area (Å²) in [7, 11) is 0. The molecule has 4 nitrogen and oxygen atoms in total. The Balaban J connectivity index is 2.03. The fourth-order valence-corrected chi connectivity index (χ4v) is 2.12. The smallest absolute Gasteiger partial charge is 0.315 e. The number of carbonyl (C=O) groups is 2. The van der Waals surface area contributed by atoms with Crippen molar-refractivity contribution in [3.63, 3.8) is 0 Å². The lowest BCUT2D eigenvalue weighted by atomic mass is 10.2. The van der Waals surface area contributed by atoms with Crippen LogP contribution in [-0.4, -0.2) is 29.8 Å². The van der Waals surface area contributed by atoms with Crippen LogP contribution < -0.4 is 5.32 Å². The molecule has 1 heterocycles. The van der Waals surface area contributed by atoms with Crippen molar-refractivity contribution >= 4 is 18.0 Å². The van der Waals surface area contributed by atoms with Crippen molar-refractivity contribution < 1.29 is 22.8 Å². The zero-order valence-corrected chi connectivity index (χ0v) is 10.5. The quantitative estimate of drug-likeness (QED) is 0.850. The number of likely N-dealkylation sites (tertiary alicyclic amines) is 1. The van der Waals surface area contributed by atoms with E-state index in [4.69, 9.17) is 0 Å². The van der Waals surface area contributed by atoms with Gasteiger partial charge in [0.1, 0.15) is 6.29 Å². The molecule has 1 aliphatic rings. The van der Waals surface area contributed by atoms with Crippen LogP contribution in [-0.2, 0) is 11.0 Å². The van der Waals surface area contributed by atoms with Gasteiger partial charge in [-0.05, 0) is 37.1 Å². The summed E-state index contributed by atoms with van der Waals surface area (Å²) in [5, 5.41) is 2.49. The van der Waals surface area contributed by atoms with Crippen LogP contribution in [0, 0.1) is 0 Å². The second kappa shape index (κ2) is 5.52. The standard InChI is InChI=1S/C13H13F3N2O2/c14-13(15,16)9-3-5-10(6-4-9)17-12(20)18-7-1-2-11(18)8-19/h3-6,8,11H,1-2,7H2,(H,17,20)/t11-/m1/s1. The zero-order valence-electron chi connectivity index (χ0n) is 10.5. The van der Waals surface area contributed by atoms with E-state index in [1.165, 1.54) is 17.0 Å². The lowest BCUT2D eigenvalue weighted by Gasteiger charge is -2.21. The number of alkyl halides is 3. The van der Waals surface area contributed by atoms with Gasteiger partial charge >= 0.3 is 12.2 Å². The number of amides is 2. The molecule has 0 spiro atoms. The Hall–Kier alpha value is -2.05. The van der Waals surface area contributed by atoms with E-state index in [-0.39, 0.29) is 5.69 Å². The highest BCUT2D eigenvalue weighted by molar-refractivity contribution is 5.91. The number of benzene rings is 1. The van der Waals surface area contributed by atoms with Crippen LogP contribution >= 0.6 is 0 Å². The summed E-state index contributed by atoms with van der Waals surface area (Å²) >= 11 is 0. The first kappa shape index (κ1) is 14.4. The number of nitrogens with one attached hydrogen (secondary N) is 1. The number of hydrogen-bond acceptors (Lipinski definition) is 2. The molecule has 1 aromatic carbocycles. The van der Waals surface area contributed by atoms with Crippen LogP contribution in [0.4, 0.5) is 23.7 Å². The van der Waals surface area contributed by atoms with Gasteiger partial charge < -0.3 is 15.0 Å². The van der Waals surface area contributed by atoms with Crippen molar-refractivity contribution in [3.8, 4) is 0 Å². The fraction of sp³-hybridized carbons (Fsp3) is 0.385. The van der Waals surface area contributed by atoms with Crippen molar-refractivity contribution in [1.29, 1.82) is 0 Å². The molecule has 0 saturated carbocycles. The number of hydrogen-bond donors (Lipinski definition) is 1. The van der Waals surface area contributed by atoms with Gasteiger partial charge in [0.05, 0.1) is 11.6 Å². The predicted octanol–water partition coefficient (Wildman–Crippen LogP) is 2.90. The Bertz CT molecular complexity index is 499. The number of anilines is 1. The molecular formula is C13H13F3N2O2. The number of urea groups is 1. The summed E-state index contributed by atoms with van der Waals surface area (Å²) in [6, 6.07) is 3.25. The molecule has 7 heteroatoms. The number of halogens is 3. The molecule has 0 radical (unpaired) electrons. The van der Waals surface area contributed by atoms with Crippen LogP contribution in [0.1, 0.15) is 18.4 Å². The van der Waals surface area contributed by atoms with E-state index in [0.717, 1.165) is 18.6 Å². The van der Waals surface area contributed by atoms with Crippen LogP contribution in [0.5, 0.6) is 0 Å². The molecule has 1 atom stereocenters. The van der Waals surface area contributed by atoms with E-state index in [1.54, 1.807) is 0 Å². The Morgan fingerprint density at radius 3 is 2.50 bits per heavy atom. The summed E-state index contributed by atoms with van der Waals surface area (Å²) in [6.07, 6.45) is -2.34. The zero-order chi connectivity index (χ0) is 14.8. The third-order valence-corrected chi connectivity index (χ3v) is 3.18. The second-order valence-electron chi connectivity index (χ2n) is 4.54. The van der Waals surface area contributed by atoms with Crippen molar-refractivity contribution in [3.05, 3.63) is 29.8 Å². The molecule has 2 amide bonds. The van der Waals surface area contributed by atoms with E-state index >= 15 is 0 Å². The molecule has 0 aromatic heterocycles. The Morgan fingerprint density at radius 2 is 1.95 bits per heavy atom. The van der Waals surface area contributed by atoms with Crippen LogP contribution in [0.15, 0.2) is 24.3 Å². The van der Waals surface area contributed by atoms with Gasteiger partial charge in [0.2, 0.25) is 0 Å². The number of nitrogens with zero attached hydrogens (tertiary/aromatic N) is 1. The van der Waals surface area contributed by atoms with Crippen LogP contribution in [0.2, 0.25) is 0 Å². The predicted molar refractivity (Wildman–Crippen MR) is 66.3 cm³/mol. The Kier molecular flexibility index (Phi) is 3.96. The maximum atomic E-state index is 12.4. The van der Waals surface area contributed by atoms with Crippen LogP contribution in [0.3, 0.4) is 0 Å². The van der Waals surface area contributed by atoms with E-state index in [9.17, 15) is 22.8 Å². The SMILES string of the molecule is O=C[C@H]1CCCN1C(=O)Nc1ccc(C(F)(F)F)cc1. The average molecular weight is 286 g/mol. The van der Waals surface area contributed by atoms with Gasteiger partial charge in [-0.15, -0.1) is 0 Å². The summed E-state index contributed by atoms with van der Waals surface area (Å²) in [6.45, 7) is 0.468. The van der Waals surface area contributed by atoms with Crippen molar-refractivity contribution in [2.75, 3.05) is 11.9 Å². The molecule has 1 aromatic rings. The maximum Gasteiger partial charge on any atom is 0.416 e. The minimum absolute atomic E-state index is 0.263. The molecule has 1 aliphatic heterocycles. The molecule has 1 fully saturated rings. The topological polar surface area (TPSA) is 49.4 Å². The average Bonchev–Trinajstić information content (AvgIpc) is 2.86. The normalized spacial score (nSPS) is 18.9. The van der Waals surface area contributed by atoms with Crippen molar-refractivity contribution in [1.82, 2.24) is 4.90 Å². The lowest BCUT2D eigenvalue weighted by Crippen LogP contribution is -2.39. The molecule has 20 heavy (non-hydrogen) atoms. The third kappa shape index (κ3) is 3.09. The highest BCUT2D eigenvalue weighted by atomic mass is 19.4. The Morgan fingerprint density at radius 1 is 1.30 bits per heavy atom. The number of carbonyl (C=O) groups excluding carboxylic acids is 2. The summed E-state index contributed by atoms with van der Waals surface area (Å²) in [5.74, 6) is 0. The Labute approximate surface area is 113 Å². The highest BCUT2D eigenvalue weighted by Gasteiger charge is 2.31. The van der Waals surface area contributed by atoms with Crippen LogP contribution in [0.25, 0.3) is 0 Å². The maximum absolute atomic E-state index is 12.4.